The van der Waals surface area contributed by atoms with Gasteiger partial charge in [-0.1, -0.05) is 27.7 Å². The molecule has 0 N–H and O–H groups in total. The van der Waals surface area contributed by atoms with Crippen LogP contribution in [0.25, 0.3) is 0 Å². The van der Waals surface area contributed by atoms with Crippen molar-refractivity contribution in [3.8, 4) is 0 Å². The molecule has 0 bridgehead atoms. The van der Waals surface area contributed by atoms with E-state index in [1.54, 1.807) is 0 Å². The quantitative estimate of drug-likeness (QED) is 0.542. The van der Waals surface area contributed by atoms with E-state index in [1.807, 2.05) is 0 Å². The van der Waals surface area contributed by atoms with E-state index in [-0.39, 0.29) is 0 Å². The van der Waals surface area contributed by atoms with Gasteiger partial charge in [0.05, 0.1) is 6.67 Å². The van der Waals surface area contributed by atoms with E-state index in [9.17, 15) is 0 Å². The molecule has 0 spiro atoms. The minimum absolute atomic E-state index is 1.12. The first kappa shape index (κ1) is 10.9. The summed E-state index contributed by atoms with van der Waals surface area (Å²) in [6.45, 7) is 14.6. The molecule has 11 heavy (non-hydrogen) atoms. The van der Waals surface area contributed by atoms with E-state index in [2.05, 4.69) is 37.5 Å². The maximum absolute atomic E-state index is 2.44. The molecule has 0 aliphatic carbocycles. The average Bonchev–Trinajstić information content (AvgIpc) is 2.07. The lowest BCUT2D eigenvalue weighted by Crippen LogP contribution is -2.37. The molecule has 0 aromatic rings. The molecule has 0 saturated heterocycles. The lowest BCUT2D eigenvalue weighted by Gasteiger charge is -2.26. The van der Waals surface area contributed by atoms with E-state index >= 15 is 0 Å². The van der Waals surface area contributed by atoms with Crippen LogP contribution in [0.3, 0.4) is 0 Å². The van der Waals surface area contributed by atoms with Crippen molar-refractivity contribution in [3.63, 3.8) is 0 Å². The van der Waals surface area contributed by atoms with Gasteiger partial charge in [-0.25, -0.2) is 0 Å². The number of hydrogen-bond donors (Lipinski definition) is 0. The molecule has 2 heteroatoms. The maximum atomic E-state index is 2.44. The second kappa shape index (κ2) is 6.62. The molecule has 0 heterocycles. The summed E-state index contributed by atoms with van der Waals surface area (Å²) in [5.74, 6) is 0. The Balaban J connectivity index is 3.58. The SMILES string of the molecule is CCN(CC)CN(CC)CC. The topological polar surface area (TPSA) is 6.48 Å². The third-order valence-corrected chi connectivity index (χ3v) is 2.19. The van der Waals surface area contributed by atoms with Crippen LogP contribution in [0.5, 0.6) is 0 Å². The minimum atomic E-state index is 1.12. The van der Waals surface area contributed by atoms with Gasteiger partial charge in [-0.05, 0) is 26.2 Å². The van der Waals surface area contributed by atoms with Gasteiger partial charge in [-0.3, -0.25) is 9.80 Å². The van der Waals surface area contributed by atoms with E-state index < -0.39 is 0 Å². The fourth-order valence-corrected chi connectivity index (χ4v) is 1.13. The zero-order chi connectivity index (χ0) is 8.69. The monoisotopic (exact) mass is 158 g/mol. The van der Waals surface area contributed by atoms with Crippen LogP contribution in [0.2, 0.25) is 0 Å². The summed E-state index contributed by atoms with van der Waals surface area (Å²) in [5.41, 5.74) is 0. The lowest BCUT2D eigenvalue weighted by atomic mass is 10.5. The molecule has 0 aromatic carbocycles. The smallest absolute Gasteiger partial charge is 0.0505 e. The van der Waals surface area contributed by atoms with E-state index in [0.717, 1.165) is 32.8 Å². The van der Waals surface area contributed by atoms with Crippen LogP contribution < -0.4 is 0 Å². The first-order valence-electron chi connectivity index (χ1n) is 4.73. The van der Waals surface area contributed by atoms with Gasteiger partial charge in [0.2, 0.25) is 0 Å². The molecule has 0 radical (unpaired) electrons. The molecule has 0 atom stereocenters. The van der Waals surface area contributed by atoms with Gasteiger partial charge < -0.3 is 0 Å². The summed E-state index contributed by atoms with van der Waals surface area (Å²) >= 11 is 0. The number of hydrogen-bond acceptors (Lipinski definition) is 2. The third-order valence-electron chi connectivity index (χ3n) is 2.19. The Kier molecular flexibility index (Phi) is 6.57. The molecule has 0 amide bonds. The van der Waals surface area contributed by atoms with Crippen LogP contribution in [0.1, 0.15) is 27.7 Å². The highest BCUT2D eigenvalue weighted by Gasteiger charge is 2.03. The molecule has 2 nitrogen and oxygen atoms in total. The van der Waals surface area contributed by atoms with Crippen molar-refractivity contribution in [2.75, 3.05) is 32.8 Å². The van der Waals surface area contributed by atoms with E-state index in [4.69, 9.17) is 0 Å². The summed E-state index contributed by atoms with van der Waals surface area (Å²) in [5, 5.41) is 0. The van der Waals surface area contributed by atoms with Crippen molar-refractivity contribution < 1.29 is 0 Å². The summed E-state index contributed by atoms with van der Waals surface area (Å²) in [7, 11) is 0. The van der Waals surface area contributed by atoms with Gasteiger partial charge in [0.15, 0.2) is 0 Å². The van der Waals surface area contributed by atoms with Gasteiger partial charge in [-0.15, -0.1) is 0 Å². The minimum Gasteiger partial charge on any atom is -0.291 e. The standard InChI is InChI=1S/C9H22N2/c1-5-10(6-2)9-11(7-3)8-4/h5-9H2,1-4H3. The Hall–Kier alpha value is -0.0800. The average molecular weight is 158 g/mol. The molecule has 0 aromatic heterocycles. The summed E-state index contributed by atoms with van der Waals surface area (Å²) in [6, 6.07) is 0. The number of nitrogens with zero attached hydrogens (tertiary/aromatic N) is 2. The summed E-state index contributed by atoms with van der Waals surface area (Å²) in [6.07, 6.45) is 0. The van der Waals surface area contributed by atoms with Crippen molar-refractivity contribution in [1.29, 1.82) is 0 Å². The largest absolute Gasteiger partial charge is 0.291 e. The third kappa shape index (κ3) is 4.38. The first-order valence-corrected chi connectivity index (χ1v) is 4.73. The van der Waals surface area contributed by atoms with Crippen LogP contribution in [0.15, 0.2) is 0 Å². The van der Waals surface area contributed by atoms with Crippen LogP contribution >= 0.6 is 0 Å². The van der Waals surface area contributed by atoms with Crippen LogP contribution in [0.4, 0.5) is 0 Å². The van der Waals surface area contributed by atoms with Gasteiger partial charge in [0.25, 0.3) is 0 Å². The predicted octanol–water partition coefficient (Wildman–Crippen LogP) is 1.63. The molecule has 0 aliphatic heterocycles. The van der Waals surface area contributed by atoms with Crippen molar-refractivity contribution in [2.24, 2.45) is 0 Å². The second-order valence-corrected chi connectivity index (χ2v) is 2.75. The Morgan fingerprint density at radius 3 is 1.09 bits per heavy atom. The Labute approximate surface area is 71.2 Å². The van der Waals surface area contributed by atoms with E-state index in [1.165, 1.54) is 0 Å². The van der Waals surface area contributed by atoms with Crippen molar-refractivity contribution in [3.05, 3.63) is 0 Å². The second-order valence-electron chi connectivity index (χ2n) is 2.75. The van der Waals surface area contributed by atoms with Crippen LogP contribution in [-0.4, -0.2) is 42.6 Å². The highest BCUT2D eigenvalue weighted by Crippen LogP contribution is 1.92. The zero-order valence-corrected chi connectivity index (χ0v) is 8.43. The molecule has 0 saturated carbocycles. The van der Waals surface area contributed by atoms with Crippen molar-refractivity contribution >= 4 is 0 Å². The highest BCUT2D eigenvalue weighted by molar-refractivity contribution is 4.53. The fraction of sp³-hybridized carbons (Fsp3) is 1.00. The Morgan fingerprint density at radius 1 is 0.636 bits per heavy atom. The Morgan fingerprint density at radius 2 is 0.909 bits per heavy atom. The molecule has 0 unspecified atom stereocenters. The van der Waals surface area contributed by atoms with E-state index in [0.29, 0.717) is 0 Å². The normalized spacial score (nSPS) is 11.5. The van der Waals surface area contributed by atoms with Crippen molar-refractivity contribution in [1.82, 2.24) is 9.80 Å². The Bertz CT molecular complexity index is 65.6. The molecule has 0 rings (SSSR count). The molecular weight excluding hydrogens is 136 g/mol. The summed E-state index contributed by atoms with van der Waals surface area (Å²) < 4.78 is 0. The van der Waals surface area contributed by atoms with Gasteiger partial charge in [0.1, 0.15) is 0 Å². The first-order chi connectivity index (χ1) is 5.28. The fourth-order valence-electron chi connectivity index (χ4n) is 1.13. The molecule has 0 aliphatic rings. The van der Waals surface area contributed by atoms with Gasteiger partial charge >= 0.3 is 0 Å². The summed E-state index contributed by atoms with van der Waals surface area (Å²) in [4.78, 5) is 4.88. The van der Waals surface area contributed by atoms with Crippen LogP contribution in [-0.2, 0) is 0 Å². The highest BCUT2D eigenvalue weighted by atomic mass is 15.3. The number of rotatable bonds is 6. The molecular formula is C9H22N2. The van der Waals surface area contributed by atoms with Gasteiger partial charge in [0, 0.05) is 0 Å². The van der Waals surface area contributed by atoms with Gasteiger partial charge in [-0.2, -0.15) is 0 Å². The van der Waals surface area contributed by atoms with Crippen LogP contribution in [0, 0.1) is 0 Å². The lowest BCUT2D eigenvalue weighted by molar-refractivity contribution is 0.152. The molecule has 68 valence electrons. The predicted molar refractivity (Wildman–Crippen MR) is 50.7 cm³/mol. The maximum Gasteiger partial charge on any atom is 0.0505 e. The molecule has 0 fully saturated rings. The zero-order valence-electron chi connectivity index (χ0n) is 8.43. The van der Waals surface area contributed by atoms with Crippen molar-refractivity contribution in [2.45, 2.75) is 27.7 Å².